The Bertz CT molecular complexity index is 606. The van der Waals surface area contributed by atoms with E-state index in [1.807, 2.05) is 0 Å². The molecule has 2 atom stereocenters. The quantitative estimate of drug-likeness (QED) is 0.908. The van der Waals surface area contributed by atoms with Crippen molar-refractivity contribution in [2.24, 2.45) is 5.73 Å². The van der Waals surface area contributed by atoms with Crippen molar-refractivity contribution < 1.29 is 17.5 Å². The molecule has 5 nitrogen and oxygen atoms in total. The second-order valence-electron chi connectivity index (χ2n) is 5.32. The van der Waals surface area contributed by atoms with Gasteiger partial charge in [0.1, 0.15) is 10.7 Å². The Balaban J connectivity index is 2.36. The molecule has 0 radical (unpaired) electrons. The molecule has 1 aliphatic heterocycles. The summed E-state index contributed by atoms with van der Waals surface area (Å²) in [7, 11) is -2.29. The standard InChI is InChI=1S/C14H21FN2O3S/c1-10-3-4-13(15)14(7-10)21(18,19)17-6-5-12(20-2)8-11(17)9-16/h3-4,7,11-12H,5-6,8-9,16H2,1-2H3. The summed E-state index contributed by atoms with van der Waals surface area (Å²) in [6, 6.07) is 3.72. The zero-order valence-electron chi connectivity index (χ0n) is 12.3. The monoisotopic (exact) mass is 316 g/mol. The number of nitrogens with two attached hydrogens (primary N) is 1. The van der Waals surface area contributed by atoms with E-state index >= 15 is 0 Å². The van der Waals surface area contributed by atoms with Crippen LogP contribution < -0.4 is 5.73 Å². The van der Waals surface area contributed by atoms with Crippen LogP contribution in [0.1, 0.15) is 18.4 Å². The lowest BCUT2D eigenvalue weighted by atomic mass is 10.0. The molecule has 1 fully saturated rings. The third-order valence-electron chi connectivity index (χ3n) is 3.89. The van der Waals surface area contributed by atoms with Gasteiger partial charge in [-0.3, -0.25) is 0 Å². The Morgan fingerprint density at radius 2 is 2.19 bits per heavy atom. The first-order chi connectivity index (χ1) is 9.90. The minimum absolute atomic E-state index is 0.00708. The van der Waals surface area contributed by atoms with Crippen molar-refractivity contribution in [1.82, 2.24) is 4.31 Å². The fourth-order valence-corrected chi connectivity index (χ4v) is 4.48. The number of piperidine rings is 1. The van der Waals surface area contributed by atoms with Crippen LogP contribution in [0, 0.1) is 12.7 Å². The average Bonchev–Trinajstić information content (AvgIpc) is 2.48. The maximum Gasteiger partial charge on any atom is 0.246 e. The van der Waals surface area contributed by atoms with E-state index in [2.05, 4.69) is 0 Å². The molecule has 2 rings (SSSR count). The number of methoxy groups -OCH3 is 1. The first-order valence-corrected chi connectivity index (χ1v) is 8.35. The lowest BCUT2D eigenvalue weighted by Gasteiger charge is -2.37. The Morgan fingerprint density at radius 3 is 2.81 bits per heavy atom. The minimum atomic E-state index is -3.89. The second-order valence-corrected chi connectivity index (χ2v) is 7.18. The van der Waals surface area contributed by atoms with Crippen molar-refractivity contribution in [3.8, 4) is 0 Å². The van der Waals surface area contributed by atoms with E-state index in [1.165, 1.54) is 16.4 Å². The molecule has 21 heavy (non-hydrogen) atoms. The molecule has 0 aromatic heterocycles. The Labute approximate surface area is 124 Å². The summed E-state index contributed by atoms with van der Waals surface area (Å²) in [5.74, 6) is -0.731. The average molecular weight is 316 g/mol. The molecule has 1 heterocycles. The van der Waals surface area contributed by atoms with Crippen LogP contribution in [0.25, 0.3) is 0 Å². The van der Waals surface area contributed by atoms with Crippen LogP contribution in [0.5, 0.6) is 0 Å². The third-order valence-corrected chi connectivity index (χ3v) is 5.86. The van der Waals surface area contributed by atoms with Gasteiger partial charge < -0.3 is 10.5 Å². The van der Waals surface area contributed by atoms with Crippen molar-refractivity contribution in [3.63, 3.8) is 0 Å². The van der Waals surface area contributed by atoms with Crippen LogP contribution in [-0.2, 0) is 14.8 Å². The molecule has 1 aliphatic rings. The zero-order chi connectivity index (χ0) is 15.6. The molecular weight excluding hydrogens is 295 g/mol. The first-order valence-electron chi connectivity index (χ1n) is 6.91. The van der Waals surface area contributed by atoms with Crippen molar-refractivity contribution in [2.75, 3.05) is 20.2 Å². The van der Waals surface area contributed by atoms with Gasteiger partial charge in [-0.2, -0.15) is 4.31 Å². The highest BCUT2D eigenvalue weighted by Crippen LogP contribution is 2.28. The number of ether oxygens (including phenoxy) is 1. The second kappa shape index (κ2) is 6.39. The van der Waals surface area contributed by atoms with E-state index in [9.17, 15) is 12.8 Å². The van der Waals surface area contributed by atoms with Crippen LogP contribution in [0.15, 0.2) is 23.1 Å². The summed E-state index contributed by atoms with van der Waals surface area (Å²) < 4.78 is 45.9. The van der Waals surface area contributed by atoms with Crippen molar-refractivity contribution in [1.29, 1.82) is 0 Å². The van der Waals surface area contributed by atoms with Gasteiger partial charge in [-0.15, -0.1) is 0 Å². The lowest BCUT2D eigenvalue weighted by Crippen LogP contribution is -2.51. The van der Waals surface area contributed by atoms with Gasteiger partial charge in [-0.25, -0.2) is 12.8 Å². The number of nitrogens with zero attached hydrogens (tertiary/aromatic N) is 1. The molecular formula is C14H21FN2O3S. The van der Waals surface area contributed by atoms with Gasteiger partial charge in [0, 0.05) is 26.2 Å². The molecule has 118 valence electrons. The summed E-state index contributed by atoms with van der Waals surface area (Å²) in [6.07, 6.45) is 1.10. The molecule has 7 heteroatoms. The number of aryl methyl sites for hydroxylation is 1. The molecule has 0 spiro atoms. The lowest BCUT2D eigenvalue weighted by molar-refractivity contribution is 0.0401. The number of hydrogen-bond donors (Lipinski definition) is 1. The fraction of sp³-hybridized carbons (Fsp3) is 0.571. The largest absolute Gasteiger partial charge is 0.381 e. The highest BCUT2D eigenvalue weighted by atomic mass is 32.2. The predicted molar refractivity (Wildman–Crippen MR) is 77.9 cm³/mol. The number of rotatable bonds is 4. The topological polar surface area (TPSA) is 72.6 Å². The highest BCUT2D eigenvalue weighted by molar-refractivity contribution is 7.89. The molecule has 0 amide bonds. The summed E-state index contributed by atoms with van der Waals surface area (Å²) in [4.78, 5) is -0.281. The van der Waals surface area contributed by atoms with Gasteiger partial charge in [0.2, 0.25) is 10.0 Å². The summed E-state index contributed by atoms with van der Waals surface area (Å²) in [6.45, 7) is 2.21. The van der Waals surface area contributed by atoms with E-state index in [0.717, 1.165) is 0 Å². The van der Waals surface area contributed by atoms with Gasteiger partial charge in [-0.05, 0) is 37.5 Å². The van der Waals surface area contributed by atoms with Gasteiger partial charge >= 0.3 is 0 Å². The zero-order valence-corrected chi connectivity index (χ0v) is 13.1. The summed E-state index contributed by atoms with van der Waals surface area (Å²) in [5.41, 5.74) is 6.40. The minimum Gasteiger partial charge on any atom is -0.381 e. The molecule has 1 saturated heterocycles. The van der Waals surface area contributed by atoms with Crippen LogP contribution in [-0.4, -0.2) is 45.1 Å². The molecule has 0 saturated carbocycles. The normalized spacial score (nSPS) is 24.2. The Kier molecular flexibility index (Phi) is 4.98. The number of hydrogen-bond acceptors (Lipinski definition) is 4. The molecule has 1 aromatic rings. The number of halogens is 1. The van der Waals surface area contributed by atoms with Gasteiger partial charge in [-0.1, -0.05) is 6.07 Å². The fourth-order valence-electron chi connectivity index (χ4n) is 2.67. The number of sulfonamides is 1. The molecule has 2 unspecified atom stereocenters. The highest BCUT2D eigenvalue weighted by Gasteiger charge is 2.37. The van der Waals surface area contributed by atoms with Crippen LogP contribution in [0.3, 0.4) is 0 Å². The van der Waals surface area contributed by atoms with Gasteiger partial charge in [0.15, 0.2) is 0 Å². The van der Waals surface area contributed by atoms with E-state index < -0.39 is 15.8 Å². The van der Waals surface area contributed by atoms with E-state index in [-0.39, 0.29) is 30.1 Å². The van der Waals surface area contributed by atoms with Crippen LogP contribution >= 0.6 is 0 Å². The van der Waals surface area contributed by atoms with E-state index in [0.29, 0.717) is 18.4 Å². The first kappa shape index (κ1) is 16.4. The van der Waals surface area contributed by atoms with E-state index in [1.54, 1.807) is 20.1 Å². The van der Waals surface area contributed by atoms with Gasteiger partial charge in [0.05, 0.1) is 6.10 Å². The predicted octanol–water partition coefficient (Wildman–Crippen LogP) is 1.26. The van der Waals surface area contributed by atoms with Gasteiger partial charge in [0.25, 0.3) is 0 Å². The van der Waals surface area contributed by atoms with E-state index in [4.69, 9.17) is 10.5 Å². The Morgan fingerprint density at radius 1 is 1.48 bits per heavy atom. The Hall–Kier alpha value is -1.02. The molecule has 0 aliphatic carbocycles. The van der Waals surface area contributed by atoms with Crippen molar-refractivity contribution >= 4 is 10.0 Å². The molecule has 2 N–H and O–H groups in total. The van der Waals surface area contributed by atoms with Crippen molar-refractivity contribution in [3.05, 3.63) is 29.6 Å². The maximum absolute atomic E-state index is 13.9. The molecule has 1 aromatic carbocycles. The van der Waals surface area contributed by atoms with Crippen LogP contribution in [0.2, 0.25) is 0 Å². The summed E-state index contributed by atoms with van der Waals surface area (Å²) in [5, 5.41) is 0. The van der Waals surface area contributed by atoms with Crippen molar-refractivity contribution in [2.45, 2.75) is 36.8 Å². The number of benzene rings is 1. The third kappa shape index (κ3) is 3.26. The smallest absolute Gasteiger partial charge is 0.246 e. The SMILES string of the molecule is COC1CCN(S(=O)(=O)c2cc(C)ccc2F)C(CN)C1. The summed E-state index contributed by atoms with van der Waals surface area (Å²) >= 11 is 0. The maximum atomic E-state index is 13.9. The molecule has 0 bridgehead atoms. The van der Waals surface area contributed by atoms with Crippen LogP contribution in [0.4, 0.5) is 4.39 Å².